The van der Waals surface area contributed by atoms with Gasteiger partial charge < -0.3 is 9.47 Å². The number of halogens is 2. The second kappa shape index (κ2) is 10.5. The van der Waals surface area contributed by atoms with Gasteiger partial charge in [-0.1, -0.05) is 68.2 Å². The van der Waals surface area contributed by atoms with E-state index in [-0.39, 0.29) is 11.2 Å². The summed E-state index contributed by atoms with van der Waals surface area (Å²) >= 11 is 12.0. The molecule has 0 radical (unpaired) electrons. The fraction of sp³-hybridized carbons (Fsp3) is 0.250. The molecule has 3 aromatic carbocycles. The van der Waals surface area contributed by atoms with Crippen molar-refractivity contribution in [2.24, 2.45) is 0 Å². The van der Waals surface area contributed by atoms with Gasteiger partial charge in [-0.15, -0.1) is 0 Å². The van der Waals surface area contributed by atoms with E-state index in [4.69, 9.17) is 32.7 Å². The van der Waals surface area contributed by atoms with Gasteiger partial charge in [0.2, 0.25) is 0 Å². The summed E-state index contributed by atoms with van der Waals surface area (Å²) in [6, 6.07) is 16.9. The van der Waals surface area contributed by atoms with E-state index < -0.39 is 0 Å². The summed E-state index contributed by atoms with van der Waals surface area (Å²) < 4.78 is 11.8. The normalized spacial score (nSPS) is 11.6. The third kappa shape index (κ3) is 6.40. The van der Waals surface area contributed by atoms with Gasteiger partial charge in [0.25, 0.3) is 0 Å². The Morgan fingerprint density at radius 3 is 2.36 bits per heavy atom. The third-order valence-corrected chi connectivity index (χ3v) is 6.00. The Bertz CT molecular complexity index is 1190. The molecule has 0 aliphatic heterocycles. The molecule has 3 rings (SSSR count). The van der Waals surface area contributed by atoms with Crippen LogP contribution in [0.5, 0.6) is 11.5 Å². The number of rotatable bonds is 7. The molecule has 3 nitrogen and oxygen atoms in total. The zero-order chi connectivity index (χ0) is 24.2. The summed E-state index contributed by atoms with van der Waals surface area (Å²) in [7, 11) is 1.63. The zero-order valence-electron chi connectivity index (χ0n) is 19.5. The van der Waals surface area contributed by atoms with E-state index in [0.29, 0.717) is 22.2 Å². The number of carbonyl (C=O) groups is 1. The van der Waals surface area contributed by atoms with Crippen LogP contribution in [0.2, 0.25) is 10.0 Å². The van der Waals surface area contributed by atoms with Crippen LogP contribution in [0.3, 0.4) is 0 Å². The number of hydrogen-bond donors (Lipinski definition) is 0. The lowest BCUT2D eigenvalue weighted by atomic mass is 9.86. The average Bonchev–Trinajstić information content (AvgIpc) is 2.77. The van der Waals surface area contributed by atoms with Crippen LogP contribution in [0.1, 0.15) is 53.4 Å². The highest BCUT2D eigenvalue weighted by Crippen LogP contribution is 2.33. The van der Waals surface area contributed by atoms with Gasteiger partial charge >= 0.3 is 0 Å². The molecular weight excluding hydrogens is 455 g/mol. The molecule has 0 unspecified atom stereocenters. The van der Waals surface area contributed by atoms with E-state index in [0.717, 1.165) is 33.8 Å². The summed E-state index contributed by atoms with van der Waals surface area (Å²) in [4.78, 5) is 12.5. The monoisotopic (exact) mass is 482 g/mol. The van der Waals surface area contributed by atoms with Gasteiger partial charge in [-0.3, -0.25) is 4.79 Å². The van der Waals surface area contributed by atoms with Crippen LogP contribution in [-0.2, 0) is 12.0 Å². The maximum absolute atomic E-state index is 12.5. The van der Waals surface area contributed by atoms with E-state index in [1.807, 2.05) is 18.2 Å². The zero-order valence-corrected chi connectivity index (χ0v) is 21.1. The minimum atomic E-state index is -0.156. The largest absolute Gasteiger partial charge is 0.496 e. The molecule has 3 aromatic rings. The van der Waals surface area contributed by atoms with Crippen LogP contribution in [0.4, 0.5) is 0 Å². The molecule has 172 valence electrons. The van der Waals surface area contributed by atoms with Gasteiger partial charge in [0, 0.05) is 11.1 Å². The SMILES string of the molecule is COc1ccc(/C=C/C(=O)c2ccc(Cl)c(Cl)c2)cc1COc1cc(C)ccc1C(C)(C)C. The Morgan fingerprint density at radius 1 is 0.939 bits per heavy atom. The minimum Gasteiger partial charge on any atom is -0.496 e. The highest BCUT2D eigenvalue weighted by atomic mass is 35.5. The standard InChI is InChI=1S/C28H28Cl2O3/c1-18-6-10-22(28(2,3)4)27(14-18)33-17-21-15-19(8-13-26(21)32-5)7-12-25(31)20-9-11-23(29)24(30)16-20/h6-16H,17H2,1-5H3/b12-7+. The predicted molar refractivity (Wildman–Crippen MR) is 137 cm³/mol. The first-order valence-corrected chi connectivity index (χ1v) is 11.4. The minimum absolute atomic E-state index is 0.0391. The maximum atomic E-state index is 12.5. The lowest BCUT2D eigenvalue weighted by Crippen LogP contribution is -2.13. The highest BCUT2D eigenvalue weighted by molar-refractivity contribution is 6.42. The summed E-state index contributed by atoms with van der Waals surface area (Å²) in [6.07, 6.45) is 3.28. The number of ether oxygens (including phenoxy) is 2. The Kier molecular flexibility index (Phi) is 7.88. The van der Waals surface area contributed by atoms with Crippen molar-refractivity contribution in [1.82, 2.24) is 0 Å². The fourth-order valence-corrected chi connectivity index (χ4v) is 3.75. The highest BCUT2D eigenvalue weighted by Gasteiger charge is 2.19. The molecule has 0 spiro atoms. The Labute approximate surface area is 206 Å². The van der Waals surface area contributed by atoms with Gasteiger partial charge in [-0.25, -0.2) is 0 Å². The lowest BCUT2D eigenvalue weighted by molar-refractivity contribution is 0.104. The van der Waals surface area contributed by atoms with E-state index in [1.165, 1.54) is 6.08 Å². The smallest absolute Gasteiger partial charge is 0.185 e. The van der Waals surface area contributed by atoms with Crippen LogP contribution < -0.4 is 9.47 Å². The first-order chi connectivity index (χ1) is 15.6. The Morgan fingerprint density at radius 2 is 1.70 bits per heavy atom. The molecule has 0 fully saturated rings. The van der Waals surface area contributed by atoms with Gasteiger partial charge in [-0.05, 0) is 71.5 Å². The van der Waals surface area contributed by atoms with Crippen molar-refractivity contribution in [2.75, 3.05) is 7.11 Å². The number of aryl methyl sites for hydroxylation is 1. The van der Waals surface area contributed by atoms with E-state index in [9.17, 15) is 4.79 Å². The van der Waals surface area contributed by atoms with Crippen molar-refractivity contribution in [3.8, 4) is 11.5 Å². The molecule has 0 aliphatic rings. The van der Waals surface area contributed by atoms with Crippen LogP contribution in [-0.4, -0.2) is 12.9 Å². The molecule has 0 aromatic heterocycles. The predicted octanol–water partition coefficient (Wildman–Crippen LogP) is 8.08. The molecule has 0 saturated heterocycles. The summed E-state index contributed by atoms with van der Waals surface area (Å²) in [6.45, 7) is 8.90. The fourth-order valence-electron chi connectivity index (χ4n) is 3.46. The second-order valence-corrected chi connectivity index (χ2v) is 9.75. The molecule has 0 atom stereocenters. The van der Waals surface area contributed by atoms with E-state index in [2.05, 4.69) is 45.9 Å². The van der Waals surface area contributed by atoms with E-state index >= 15 is 0 Å². The number of benzene rings is 3. The van der Waals surface area contributed by atoms with Crippen molar-refractivity contribution in [3.63, 3.8) is 0 Å². The van der Waals surface area contributed by atoms with Crippen molar-refractivity contribution in [2.45, 2.75) is 39.7 Å². The first-order valence-electron chi connectivity index (χ1n) is 10.7. The van der Waals surface area contributed by atoms with Crippen LogP contribution in [0, 0.1) is 6.92 Å². The molecule has 0 aliphatic carbocycles. The number of methoxy groups -OCH3 is 1. The van der Waals surface area contributed by atoms with Crippen LogP contribution in [0.25, 0.3) is 6.08 Å². The first kappa shape index (κ1) is 24.9. The van der Waals surface area contributed by atoms with E-state index in [1.54, 1.807) is 31.4 Å². The Hall–Kier alpha value is -2.75. The van der Waals surface area contributed by atoms with Gasteiger partial charge in [0.15, 0.2) is 5.78 Å². The molecule has 5 heteroatoms. The molecular formula is C28H28Cl2O3. The van der Waals surface area contributed by atoms with Crippen molar-refractivity contribution >= 4 is 35.1 Å². The molecule has 33 heavy (non-hydrogen) atoms. The van der Waals surface area contributed by atoms with Crippen LogP contribution >= 0.6 is 23.2 Å². The Balaban J connectivity index is 1.82. The van der Waals surface area contributed by atoms with Gasteiger partial charge in [-0.2, -0.15) is 0 Å². The van der Waals surface area contributed by atoms with Crippen molar-refractivity contribution < 1.29 is 14.3 Å². The number of hydrogen-bond acceptors (Lipinski definition) is 3. The number of ketones is 1. The lowest BCUT2D eigenvalue weighted by Gasteiger charge is -2.23. The summed E-state index contributed by atoms with van der Waals surface area (Å²) in [5, 5.41) is 0.769. The van der Waals surface area contributed by atoms with Crippen molar-refractivity contribution in [3.05, 3.63) is 98.5 Å². The van der Waals surface area contributed by atoms with Gasteiger partial charge in [0.1, 0.15) is 18.1 Å². The number of allylic oxidation sites excluding steroid dienone is 1. The molecule has 0 saturated carbocycles. The topological polar surface area (TPSA) is 35.5 Å². The number of carbonyl (C=O) groups excluding carboxylic acids is 1. The van der Waals surface area contributed by atoms with Gasteiger partial charge in [0.05, 0.1) is 17.2 Å². The van der Waals surface area contributed by atoms with Crippen molar-refractivity contribution in [1.29, 1.82) is 0 Å². The molecule has 0 heterocycles. The summed E-state index contributed by atoms with van der Waals surface area (Å²) in [5.41, 5.74) is 4.48. The van der Waals surface area contributed by atoms with Crippen LogP contribution in [0.15, 0.2) is 60.7 Å². The average molecular weight is 483 g/mol. The maximum Gasteiger partial charge on any atom is 0.185 e. The third-order valence-electron chi connectivity index (χ3n) is 5.26. The molecule has 0 amide bonds. The quantitative estimate of drug-likeness (QED) is 0.252. The molecule has 0 N–H and O–H groups in total. The summed E-state index contributed by atoms with van der Waals surface area (Å²) in [5.74, 6) is 1.44. The second-order valence-electron chi connectivity index (χ2n) is 8.94. The molecule has 0 bridgehead atoms.